The second-order valence-corrected chi connectivity index (χ2v) is 5.14. The third kappa shape index (κ3) is 4.67. The Labute approximate surface area is 153 Å². The molecule has 0 atom stereocenters. The number of carbonyl (C=O) groups is 2. The monoisotopic (exact) mass is 367 g/mol. The van der Waals surface area contributed by atoms with Crippen molar-refractivity contribution in [3.63, 3.8) is 0 Å². The van der Waals surface area contributed by atoms with E-state index in [0.29, 0.717) is 5.56 Å². The molecular formula is C18H13N3O6. The van der Waals surface area contributed by atoms with Gasteiger partial charge in [0.2, 0.25) is 0 Å². The molecule has 0 fully saturated rings. The van der Waals surface area contributed by atoms with Crippen LogP contribution in [0.2, 0.25) is 0 Å². The molecule has 0 unspecified atom stereocenters. The van der Waals surface area contributed by atoms with Crippen LogP contribution in [0.4, 0.5) is 5.69 Å². The third-order valence-electron chi connectivity index (χ3n) is 3.40. The Morgan fingerprint density at radius 2 is 1.85 bits per heavy atom. The number of benzene rings is 2. The highest BCUT2D eigenvalue weighted by atomic mass is 16.6. The highest BCUT2D eigenvalue weighted by Gasteiger charge is 2.15. The lowest BCUT2D eigenvalue weighted by Gasteiger charge is -2.10. The lowest BCUT2D eigenvalue weighted by molar-refractivity contribution is -0.384. The fraction of sp³-hybridized carbons (Fsp3) is 0.0556. The van der Waals surface area contributed by atoms with Crippen LogP contribution in [0, 0.1) is 21.4 Å². The summed E-state index contributed by atoms with van der Waals surface area (Å²) >= 11 is 0. The van der Waals surface area contributed by atoms with Crippen molar-refractivity contribution in [1.82, 2.24) is 0 Å². The molecule has 0 aliphatic rings. The van der Waals surface area contributed by atoms with Crippen molar-refractivity contribution in [2.75, 3.05) is 7.11 Å². The number of hydrogen-bond donors (Lipinski definition) is 1. The van der Waals surface area contributed by atoms with Crippen molar-refractivity contribution < 1.29 is 24.0 Å². The fourth-order valence-electron chi connectivity index (χ4n) is 2.06. The van der Waals surface area contributed by atoms with Crippen molar-refractivity contribution in [2.45, 2.75) is 0 Å². The van der Waals surface area contributed by atoms with Crippen molar-refractivity contribution in [2.24, 2.45) is 5.73 Å². The second kappa shape index (κ2) is 8.26. The number of esters is 1. The molecular weight excluding hydrogens is 354 g/mol. The molecule has 2 rings (SSSR count). The molecule has 1 amide bonds. The van der Waals surface area contributed by atoms with Crippen molar-refractivity contribution in [3.05, 3.63) is 69.3 Å². The Morgan fingerprint density at radius 3 is 2.37 bits per heavy atom. The van der Waals surface area contributed by atoms with Crippen LogP contribution >= 0.6 is 0 Å². The molecule has 0 bridgehead atoms. The Hall–Kier alpha value is -4.19. The first kappa shape index (κ1) is 19.1. The molecule has 0 radical (unpaired) electrons. The third-order valence-corrected chi connectivity index (χ3v) is 3.40. The van der Waals surface area contributed by atoms with Gasteiger partial charge in [-0.3, -0.25) is 14.9 Å². The minimum atomic E-state index is -0.870. The van der Waals surface area contributed by atoms with Gasteiger partial charge in [0, 0.05) is 12.1 Å². The zero-order valence-corrected chi connectivity index (χ0v) is 14.0. The number of ether oxygens (including phenoxy) is 2. The predicted octanol–water partition coefficient (Wildman–Crippen LogP) is 2.21. The summed E-state index contributed by atoms with van der Waals surface area (Å²) in [5.41, 5.74) is 5.25. The first-order valence-electron chi connectivity index (χ1n) is 7.42. The van der Waals surface area contributed by atoms with E-state index in [1.165, 1.54) is 55.7 Å². The van der Waals surface area contributed by atoms with Gasteiger partial charge in [0.1, 0.15) is 11.6 Å². The number of nitriles is 1. The van der Waals surface area contributed by atoms with E-state index < -0.39 is 16.8 Å². The molecule has 0 aromatic heterocycles. The van der Waals surface area contributed by atoms with Gasteiger partial charge in [0.25, 0.3) is 11.6 Å². The minimum absolute atomic E-state index is 0.0931. The molecule has 2 N–H and O–H groups in total. The van der Waals surface area contributed by atoms with Crippen LogP contribution in [0.5, 0.6) is 11.5 Å². The van der Waals surface area contributed by atoms with Crippen LogP contribution in [-0.4, -0.2) is 23.9 Å². The largest absolute Gasteiger partial charge is 0.493 e. The molecule has 9 nitrogen and oxygen atoms in total. The van der Waals surface area contributed by atoms with Crippen molar-refractivity contribution in [3.8, 4) is 17.6 Å². The Kier molecular flexibility index (Phi) is 5.86. The van der Waals surface area contributed by atoms with Gasteiger partial charge >= 0.3 is 5.97 Å². The van der Waals surface area contributed by atoms with Crippen LogP contribution < -0.4 is 15.2 Å². The van der Waals surface area contributed by atoms with E-state index in [-0.39, 0.29) is 28.3 Å². The van der Waals surface area contributed by atoms with Crippen LogP contribution in [-0.2, 0) is 4.79 Å². The minimum Gasteiger partial charge on any atom is -0.493 e. The quantitative estimate of drug-likeness (QED) is 0.206. The maximum atomic E-state index is 12.2. The Bertz CT molecular complexity index is 974. The fourth-order valence-corrected chi connectivity index (χ4v) is 2.06. The number of primary amides is 1. The number of rotatable bonds is 6. The van der Waals surface area contributed by atoms with Gasteiger partial charge in [-0.1, -0.05) is 6.07 Å². The molecule has 0 heterocycles. The maximum absolute atomic E-state index is 12.2. The molecule has 9 heteroatoms. The van der Waals surface area contributed by atoms with Crippen LogP contribution in [0.15, 0.2) is 48.0 Å². The van der Waals surface area contributed by atoms with Gasteiger partial charge in [0.05, 0.1) is 17.6 Å². The smallest absolute Gasteiger partial charge is 0.343 e. The zero-order valence-electron chi connectivity index (χ0n) is 14.0. The van der Waals surface area contributed by atoms with E-state index >= 15 is 0 Å². The molecule has 0 saturated heterocycles. The van der Waals surface area contributed by atoms with E-state index in [1.807, 2.05) is 0 Å². The number of nitrogens with zero attached hydrogens (tertiary/aromatic N) is 2. The first-order chi connectivity index (χ1) is 12.8. The van der Waals surface area contributed by atoms with E-state index in [4.69, 9.17) is 20.5 Å². The van der Waals surface area contributed by atoms with Crippen molar-refractivity contribution in [1.29, 1.82) is 5.26 Å². The second-order valence-electron chi connectivity index (χ2n) is 5.14. The number of hydrogen-bond acceptors (Lipinski definition) is 7. The van der Waals surface area contributed by atoms with Gasteiger partial charge in [-0.2, -0.15) is 5.26 Å². The van der Waals surface area contributed by atoms with Crippen molar-refractivity contribution >= 4 is 23.6 Å². The van der Waals surface area contributed by atoms with E-state index in [1.54, 1.807) is 6.07 Å². The highest BCUT2D eigenvalue weighted by Crippen LogP contribution is 2.30. The van der Waals surface area contributed by atoms with E-state index in [2.05, 4.69) is 0 Å². The van der Waals surface area contributed by atoms with Gasteiger partial charge in [-0.25, -0.2) is 4.79 Å². The number of nitrogens with two attached hydrogens (primary N) is 1. The van der Waals surface area contributed by atoms with Crippen LogP contribution in [0.25, 0.3) is 6.08 Å². The molecule has 2 aromatic carbocycles. The number of nitro groups is 1. The molecule has 0 spiro atoms. The highest BCUT2D eigenvalue weighted by molar-refractivity contribution is 6.00. The van der Waals surface area contributed by atoms with E-state index in [9.17, 15) is 19.7 Å². The topological polar surface area (TPSA) is 146 Å². The standard InChI is InChI=1S/C18H13N3O6/c1-26-16-9-11(8-13(10-19)17(20)22)2-7-15(16)27-18(23)12-3-5-14(6-4-12)21(24)25/h2-9H,1H3,(H2,20,22)/b13-8+. The molecule has 27 heavy (non-hydrogen) atoms. The number of amides is 1. The van der Waals surface area contributed by atoms with Gasteiger partial charge in [0.15, 0.2) is 11.5 Å². The van der Waals surface area contributed by atoms with Crippen LogP contribution in [0.3, 0.4) is 0 Å². The van der Waals surface area contributed by atoms with E-state index in [0.717, 1.165) is 0 Å². The summed E-state index contributed by atoms with van der Waals surface area (Å²) in [6.45, 7) is 0. The molecule has 136 valence electrons. The zero-order chi connectivity index (χ0) is 20.0. The Morgan fingerprint density at radius 1 is 1.19 bits per heavy atom. The lowest BCUT2D eigenvalue weighted by Crippen LogP contribution is -2.12. The molecule has 2 aromatic rings. The SMILES string of the molecule is COc1cc(/C=C(\C#N)C(N)=O)ccc1OC(=O)c1ccc([N+](=O)[O-])cc1. The normalized spacial score (nSPS) is 10.6. The number of methoxy groups -OCH3 is 1. The number of carbonyl (C=O) groups excluding carboxylic acids is 2. The maximum Gasteiger partial charge on any atom is 0.343 e. The van der Waals surface area contributed by atoms with Gasteiger partial charge < -0.3 is 15.2 Å². The number of non-ortho nitro benzene ring substituents is 1. The molecule has 0 aliphatic carbocycles. The summed E-state index contributed by atoms with van der Waals surface area (Å²) in [6.07, 6.45) is 1.27. The summed E-state index contributed by atoms with van der Waals surface area (Å²) in [5.74, 6) is -1.33. The summed E-state index contributed by atoms with van der Waals surface area (Å²) < 4.78 is 10.4. The number of nitro benzene ring substituents is 1. The summed E-state index contributed by atoms with van der Waals surface area (Å²) in [4.78, 5) is 33.4. The molecule has 0 saturated carbocycles. The summed E-state index contributed by atoms with van der Waals surface area (Å²) in [6, 6.07) is 11.0. The first-order valence-corrected chi connectivity index (χ1v) is 7.42. The summed E-state index contributed by atoms with van der Waals surface area (Å²) in [5, 5.41) is 19.5. The average molecular weight is 367 g/mol. The van der Waals surface area contributed by atoms with Gasteiger partial charge in [-0.05, 0) is 35.9 Å². The van der Waals surface area contributed by atoms with Crippen LogP contribution in [0.1, 0.15) is 15.9 Å². The summed E-state index contributed by atoms with van der Waals surface area (Å²) in [7, 11) is 1.35. The Balaban J connectivity index is 2.26. The lowest BCUT2D eigenvalue weighted by atomic mass is 10.1. The predicted molar refractivity (Wildman–Crippen MR) is 93.8 cm³/mol. The average Bonchev–Trinajstić information content (AvgIpc) is 2.66. The molecule has 0 aliphatic heterocycles. The van der Waals surface area contributed by atoms with Gasteiger partial charge in [-0.15, -0.1) is 0 Å².